The molecule has 0 bridgehead atoms. The van der Waals surface area contributed by atoms with E-state index in [1.165, 1.54) is 17.0 Å². The number of halogens is 1. The van der Waals surface area contributed by atoms with Gasteiger partial charge in [-0.1, -0.05) is 76.6 Å². The van der Waals surface area contributed by atoms with Gasteiger partial charge in [0.05, 0.1) is 17.2 Å². The molecular formula is C34H36BrN3O5S. The maximum atomic E-state index is 14.4. The van der Waals surface area contributed by atoms with Crippen molar-refractivity contribution in [1.82, 2.24) is 10.2 Å². The number of anilines is 1. The summed E-state index contributed by atoms with van der Waals surface area (Å²) >= 11 is 3.49. The van der Waals surface area contributed by atoms with Gasteiger partial charge in [0.1, 0.15) is 18.3 Å². The van der Waals surface area contributed by atoms with E-state index in [1.807, 2.05) is 68.4 Å². The molecule has 1 atom stereocenters. The van der Waals surface area contributed by atoms with Crippen molar-refractivity contribution in [2.24, 2.45) is 0 Å². The van der Waals surface area contributed by atoms with E-state index in [9.17, 15) is 18.0 Å². The number of carbonyl (C=O) groups excluding carboxylic acids is 2. The van der Waals surface area contributed by atoms with Crippen LogP contribution < -0.4 is 14.4 Å². The van der Waals surface area contributed by atoms with Gasteiger partial charge in [-0.2, -0.15) is 0 Å². The first kappa shape index (κ1) is 32.8. The van der Waals surface area contributed by atoms with Crippen molar-refractivity contribution in [3.8, 4) is 5.75 Å². The summed E-state index contributed by atoms with van der Waals surface area (Å²) in [6, 6.07) is 30.6. The molecule has 4 aromatic rings. The predicted octanol–water partition coefficient (Wildman–Crippen LogP) is 5.82. The van der Waals surface area contributed by atoms with Crippen LogP contribution in [-0.2, 0) is 32.6 Å². The Morgan fingerprint density at radius 1 is 0.841 bits per heavy atom. The second kappa shape index (κ2) is 15.5. The molecule has 0 aliphatic carbocycles. The SMILES string of the molecule is CCNC(=O)C(Cc1ccccc1)N(Cc1cccc(Br)c1)C(=O)CN(c1ccccc1)S(=O)(=O)c1ccc(OCC)cc1. The van der Waals surface area contributed by atoms with Crippen LogP contribution in [0.15, 0.2) is 119 Å². The molecule has 0 fully saturated rings. The summed E-state index contributed by atoms with van der Waals surface area (Å²) in [5.41, 5.74) is 1.99. The number of carbonyl (C=O) groups is 2. The minimum atomic E-state index is -4.19. The molecule has 2 amide bonds. The molecule has 0 saturated heterocycles. The van der Waals surface area contributed by atoms with Crippen molar-refractivity contribution >= 4 is 43.5 Å². The second-order valence-electron chi connectivity index (χ2n) is 10.0. The highest BCUT2D eigenvalue weighted by molar-refractivity contribution is 9.10. The minimum Gasteiger partial charge on any atom is -0.494 e. The van der Waals surface area contributed by atoms with Crippen LogP contribution in [0.3, 0.4) is 0 Å². The van der Waals surface area contributed by atoms with E-state index in [0.29, 0.717) is 24.6 Å². The number of ether oxygens (including phenoxy) is 1. The van der Waals surface area contributed by atoms with Crippen molar-refractivity contribution in [1.29, 1.82) is 0 Å². The van der Waals surface area contributed by atoms with E-state index in [1.54, 1.807) is 42.5 Å². The third-order valence-electron chi connectivity index (χ3n) is 6.91. The highest BCUT2D eigenvalue weighted by Crippen LogP contribution is 2.26. The van der Waals surface area contributed by atoms with E-state index in [0.717, 1.165) is 19.9 Å². The van der Waals surface area contributed by atoms with Crippen LogP contribution in [0, 0.1) is 0 Å². The van der Waals surface area contributed by atoms with E-state index >= 15 is 0 Å². The summed E-state index contributed by atoms with van der Waals surface area (Å²) in [5, 5.41) is 2.87. The molecular weight excluding hydrogens is 642 g/mol. The second-order valence-corrected chi connectivity index (χ2v) is 12.8. The highest BCUT2D eigenvalue weighted by atomic mass is 79.9. The molecule has 4 aromatic carbocycles. The topological polar surface area (TPSA) is 96.0 Å². The maximum absolute atomic E-state index is 14.4. The number of rotatable bonds is 14. The molecule has 4 rings (SSSR count). The lowest BCUT2D eigenvalue weighted by Gasteiger charge is -2.33. The van der Waals surface area contributed by atoms with Crippen LogP contribution in [0.1, 0.15) is 25.0 Å². The van der Waals surface area contributed by atoms with E-state index in [4.69, 9.17) is 4.74 Å². The smallest absolute Gasteiger partial charge is 0.264 e. The van der Waals surface area contributed by atoms with Gasteiger partial charge in [-0.05, 0) is 73.5 Å². The average molecular weight is 679 g/mol. The maximum Gasteiger partial charge on any atom is 0.264 e. The zero-order valence-electron chi connectivity index (χ0n) is 24.7. The van der Waals surface area contributed by atoms with Crippen LogP contribution in [0.25, 0.3) is 0 Å². The first-order valence-electron chi connectivity index (χ1n) is 14.4. The number of nitrogens with zero attached hydrogens (tertiary/aromatic N) is 2. The van der Waals surface area contributed by atoms with Crippen molar-refractivity contribution in [2.75, 3.05) is 24.0 Å². The van der Waals surface area contributed by atoms with Crippen LogP contribution in [0.4, 0.5) is 5.69 Å². The van der Waals surface area contributed by atoms with Crippen LogP contribution >= 0.6 is 15.9 Å². The highest BCUT2D eigenvalue weighted by Gasteiger charge is 2.34. The van der Waals surface area contributed by atoms with Crippen molar-refractivity contribution in [3.05, 3.63) is 125 Å². The van der Waals surface area contributed by atoms with E-state index < -0.39 is 28.5 Å². The van der Waals surface area contributed by atoms with Crippen molar-refractivity contribution in [2.45, 2.75) is 37.8 Å². The summed E-state index contributed by atoms with van der Waals surface area (Å²) in [6.07, 6.45) is 0.253. The molecule has 0 aliphatic heterocycles. The molecule has 0 saturated carbocycles. The number of hydrogen-bond donors (Lipinski definition) is 1. The van der Waals surface area contributed by atoms with Gasteiger partial charge in [0, 0.05) is 24.0 Å². The summed E-state index contributed by atoms with van der Waals surface area (Å²) < 4.78 is 35.6. The Morgan fingerprint density at radius 3 is 2.09 bits per heavy atom. The number of amides is 2. The van der Waals surface area contributed by atoms with Crippen LogP contribution in [0.2, 0.25) is 0 Å². The summed E-state index contributed by atoms with van der Waals surface area (Å²) in [5.74, 6) is -0.296. The lowest BCUT2D eigenvalue weighted by atomic mass is 10.0. The van der Waals surface area contributed by atoms with Gasteiger partial charge in [0.15, 0.2) is 0 Å². The van der Waals surface area contributed by atoms with Gasteiger partial charge in [0.25, 0.3) is 10.0 Å². The monoisotopic (exact) mass is 677 g/mol. The predicted molar refractivity (Wildman–Crippen MR) is 176 cm³/mol. The number of nitrogens with one attached hydrogen (secondary N) is 1. The van der Waals surface area contributed by atoms with Crippen molar-refractivity contribution in [3.63, 3.8) is 0 Å². The third-order valence-corrected chi connectivity index (χ3v) is 9.19. The van der Waals surface area contributed by atoms with E-state index in [2.05, 4.69) is 21.2 Å². The lowest BCUT2D eigenvalue weighted by molar-refractivity contribution is -0.140. The summed E-state index contributed by atoms with van der Waals surface area (Å²) in [6.45, 7) is 4.07. The molecule has 1 N–H and O–H groups in total. The van der Waals surface area contributed by atoms with Crippen LogP contribution in [0.5, 0.6) is 5.75 Å². The number of benzene rings is 4. The van der Waals surface area contributed by atoms with Crippen LogP contribution in [-0.4, -0.2) is 50.9 Å². The summed E-state index contributed by atoms with van der Waals surface area (Å²) in [7, 11) is -4.19. The molecule has 8 nitrogen and oxygen atoms in total. The van der Waals surface area contributed by atoms with E-state index in [-0.39, 0.29) is 23.8 Å². The minimum absolute atomic E-state index is 0.0145. The molecule has 44 heavy (non-hydrogen) atoms. The lowest BCUT2D eigenvalue weighted by Crippen LogP contribution is -2.53. The fourth-order valence-corrected chi connectivity index (χ4v) is 6.66. The number of likely N-dealkylation sites (N-methyl/N-ethyl adjacent to an activating group) is 1. The van der Waals surface area contributed by atoms with Gasteiger partial charge < -0.3 is 15.0 Å². The Balaban J connectivity index is 1.76. The quantitative estimate of drug-likeness (QED) is 0.182. The van der Waals surface area contributed by atoms with Gasteiger partial charge >= 0.3 is 0 Å². The normalized spacial score (nSPS) is 11.8. The number of sulfonamides is 1. The standard InChI is InChI=1S/C34H36BrN3O5S/c1-3-36-34(40)32(23-26-12-7-5-8-13-26)37(24-27-14-11-15-28(35)22-27)33(39)25-38(29-16-9-6-10-17-29)44(41,42)31-20-18-30(19-21-31)43-4-2/h5-22,32H,3-4,23-25H2,1-2H3,(H,36,40). The van der Waals surface area contributed by atoms with Gasteiger partial charge in [-0.3, -0.25) is 13.9 Å². The number of hydrogen-bond acceptors (Lipinski definition) is 5. The Labute approximate surface area is 267 Å². The number of para-hydroxylation sites is 1. The molecule has 230 valence electrons. The van der Waals surface area contributed by atoms with Gasteiger partial charge in [-0.25, -0.2) is 8.42 Å². The largest absolute Gasteiger partial charge is 0.494 e. The zero-order chi connectivity index (χ0) is 31.5. The van der Waals surface area contributed by atoms with Gasteiger partial charge in [-0.15, -0.1) is 0 Å². The first-order valence-corrected chi connectivity index (χ1v) is 16.6. The fraction of sp³-hybridized carbons (Fsp3) is 0.235. The van der Waals surface area contributed by atoms with Gasteiger partial charge in [0.2, 0.25) is 11.8 Å². The third kappa shape index (κ3) is 8.48. The molecule has 0 aliphatic rings. The molecule has 0 radical (unpaired) electrons. The molecule has 0 aromatic heterocycles. The Morgan fingerprint density at radius 2 is 1.48 bits per heavy atom. The van der Waals surface area contributed by atoms with Crippen molar-refractivity contribution < 1.29 is 22.7 Å². The molecule has 10 heteroatoms. The Bertz CT molecular complexity index is 1630. The molecule has 0 spiro atoms. The average Bonchev–Trinajstić information content (AvgIpc) is 3.03. The summed E-state index contributed by atoms with van der Waals surface area (Å²) in [4.78, 5) is 29.4. The molecule has 0 heterocycles. The fourth-order valence-electron chi connectivity index (χ4n) is 4.80. The Hall–Kier alpha value is -4.15. The first-order chi connectivity index (χ1) is 21.2. The zero-order valence-corrected chi connectivity index (χ0v) is 27.1. The molecule has 1 unspecified atom stereocenters. The Kier molecular flexibility index (Phi) is 11.6.